The first-order valence-corrected chi connectivity index (χ1v) is 8.68. The Morgan fingerprint density at radius 3 is 3.04 bits per heavy atom. The summed E-state index contributed by atoms with van der Waals surface area (Å²) in [5, 5.41) is 12.8. The molecular formula is C18H17N3O2S. The van der Waals surface area contributed by atoms with Crippen molar-refractivity contribution in [3.8, 4) is 11.8 Å². The molecule has 1 aliphatic carbocycles. The number of carbonyl (C=O) groups is 1. The number of nitrogens with one attached hydrogen (secondary N) is 1. The number of ether oxygens (including phenoxy) is 1. The first-order chi connectivity index (χ1) is 11.7. The predicted octanol–water partition coefficient (Wildman–Crippen LogP) is 3.18. The first-order valence-electron chi connectivity index (χ1n) is 7.70. The van der Waals surface area contributed by atoms with Crippen molar-refractivity contribution in [1.82, 2.24) is 4.98 Å². The van der Waals surface area contributed by atoms with E-state index in [9.17, 15) is 10.1 Å². The van der Waals surface area contributed by atoms with Crippen LogP contribution in [0.1, 0.15) is 23.2 Å². The molecule has 0 bridgehead atoms. The molecule has 1 heterocycles. The summed E-state index contributed by atoms with van der Waals surface area (Å²) >= 11 is 1.29. The van der Waals surface area contributed by atoms with E-state index in [2.05, 4.69) is 16.4 Å². The largest absolute Gasteiger partial charge is 0.495 e. The fourth-order valence-corrected chi connectivity index (χ4v) is 3.49. The molecule has 0 saturated heterocycles. The number of pyridine rings is 1. The average molecular weight is 339 g/mol. The van der Waals surface area contributed by atoms with Crippen LogP contribution in [0.2, 0.25) is 0 Å². The minimum Gasteiger partial charge on any atom is -0.495 e. The zero-order chi connectivity index (χ0) is 16.9. The maximum absolute atomic E-state index is 12.2. The Kier molecular flexibility index (Phi) is 5.02. The third-order valence-electron chi connectivity index (χ3n) is 3.86. The highest BCUT2D eigenvalue weighted by atomic mass is 32.2. The summed E-state index contributed by atoms with van der Waals surface area (Å²) in [6.07, 6.45) is 3.01. The maximum atomic E-state index is 12.2. The number of benzene rings is 1. The van der Waals surface area contributed by atoms with E-state index in [1.165, 1.54) is 11.8 Å². The molecule has 3 rings (SSSR count). The molecule has 0 radical (unpaired) electrons. The molecule has 122 valence electrons. The summed E-state index contributed by atoms with van der Waals surface area (Å²) in [6, 6.07) is 11.4. The van der Waals surface area contributed by atoms with Gasteiger partial charge in [0.2, 0.25) is 5.91 Å². The van der Waals surface area contributed by atoms with Gasteiger partial charge in [0, 0.05) is 5.69 Å². The quantitative estimate of drug-likeness (QED) is 0.847. The fraction of sp³-hybridized carbons (Fsp3) is 0.278. The van der Waals surface area contributed by atoms with Crippen LogP contribution in [0, 0.1) is 11.3 Å². The molecule has 24 heavy (non-hydrogen) atoms. The summed E-state index contributed by atoms with van der Waals surface area (Å²) in [7, 11) is 1.56. The van der Waals surface area contributed by atoms with Gasteiger partial charge in [0.1, 0.15) is 16.8 Å². The van der Waals surface area contributed by atoms with Gasteiger partial charge in [-0.3, -0.25) is 4.79 Å². The number of aryl methyl sites for hydroxylation is 2. The molecule has 1 N–H and O–H groups in total. The highest BCUT2D eigenvalue weighted by Crippen LogP contribution is 2.28. The number of nitrogens with zero attached hydrogens (tertiary/aromatic N) is 2. The summed E-state index contributed by atoms with van der Waals surface area (Å²) in [6.45, 7) is 0. The number of fused-ring (bicyclic) bond motifs is 1. The van der Waals surface area contributed by atoms with E-state index in [1.807, 2.05) is 18.2 Å². The number of thioether (sulfide) groups is 1. The van der Waals surface area contributed by atoms with Crippen molar-refractivity contribution in [2.75, 3.05) is 18.2 Å². The Morgan fingerprint density at radius 2 is 2.25 bits per heavy atom. The number of nitriles is 1. The van der Waals surface area contributed by atoms with E-state index in [-0.39, 0.29) is 11.7 Å². The van der Waals surface area contributed by atoms with Gasteiger partial charge in [0.05, 0.1) is 24.1 Å². The molecule has 0 spiro atoms. The maximum Gasteiger partial charge on any atom is 0.234 e. The Morgan fingerprint density at radius 1 is 1.42 bits per heavy atom. The second-order valence-corrected chi connectivity index (χ2v) is 6.41. The van der Waals surface area contributed by atoms with Crippen molar-refractivity contribution in [3.63, 3.8) is 0 Å². The zero-order valence-corrected chi connectivity index (χ0v) is 14.2. The van der Waals surface area contributed by atoms with E-state index in [0.29, 0.717) is 22.0 Å². The lowest BCUT2D eigenvalue weighted by Crippen LogP contribution is -2.15. The van der Waals surface area contributed by atoms with Crippen LogP contribution in [0.25, 0.3) is 0 Å². The molecule has 6 heteroatoms. The van der Waals surface area contributed by atoms with E-state index >= 15 is 0 Å². The van der Waals surface area contributed by atoms with Crippen molar-refractivity contribution < 1.29 is 9.53 Å². The van der Waals surface area contributed by atoms with E-state index in [4.69, 9.17) is 4.74 Å². The van der Waals surface area contributed by atoms with Crippen LogP contribution >= 0.6 is 11.8 Å². The third kappa shape index (κ3) is 3.52. The standard InChI is InChI=1S/C18H17N3O2S/c1-23-16-8-3-2-6-15(16)20-17(22)11-24-18-13(10-19)9-12-5-4-7-14(12)21-18/h2-3,6,8-9H,4-5,7,11H2,1H3,(H,20,22). The predicted molar refractivity (Wildman–Crippen MR) is 93.3 cm³/mol. The van der Waals surface area contributed by atoms with Gasteiger partial charge in [-0.25, -0.2) is 4.98 Å². The molecule has 0 aliphatic heterocycles. The Balaban J connectivity index is 1.68. The van der Waals surface area contributed by atoms with Crippen molar-refractivity contribution in [2.24, 2.45) is 0 Å². The number of aromatic nitrogens is 1. The highest BCUT2D eigenvalue weighted by Gasteiger charge is 2.17. The van der Waals surface area contributed by atoms with Gasteiger partial charge in [0.25, 0.3) is 0 Å². The lowest BCUT2D eigenvalue weighted by atomic mass is 10.2. The normalized spacial score (nSPS) is 12.3. The van der Waals surface area contributed by atoms with Crippen molar-refractivity contribution in [2.45, 2.75) is 24.3 Å². The topological polar surface area (TPSA) is 75.0 Å². The Labute approximate surface area is 145 Å². The minimum atomic E-state index is -0.157. The van der Waals surface area contributed by atoms with E-state index < -0.39 is 0 Å². The highest BCUT2D eigenvalue weighted by molar-refractivity contribution is 8.00. The lowest BCUT2D eigenvalue weighted by molar-refractivity contribution is -0.113. The van der Waals surface area contributed by atoms with E-state index in [0.717, 1.165) is 30.5 Å². The Hall–Kier alpha value is -2.52. The second kappa shape index (κ2) is 7.37. The van der Waals surface area contributed by atoms with Crippen LogP contribution in [0.5, 0.6) is 5.75 Å². The summed E-state index contributed by atoms with van der Waals surface area (Å²) in [4.78, 5) is 16.8. The number of rotatable bonds is 5. The molecule has 0 unspecified atom stereocenters. The number of amides is 1. The second-order valence-electron chi connectivity index (χ2n) is 5.45. The number of hydrogen-bond donors (Lipinski definition) is 1. The van der Waals surface area contributed by atoms with Crippen molar-refractivity contribution >= 4 is 23.4 Å². The van der Waals surface area contributed by atoms with Gasteiger partial charge >= 0.3 is 0 Å². The molecule has 0 fully saturated rings. The Bertz CT molecular complexity index is 814. The van der Waals surface area contributed by atoms with Crippen LogP contribution in [0.3, 0.4) is 0 Å². The van der Waals surface area contributed by atoms with Crippen LogP contribution in [0.4, 0.5) is 5.69 Å². The monoisotopic (exact) mass is 339 g/mol. The van der Waals surface area contributed by atoms with Gasteiger partial charge < -0.3 is 10.1 Å². The SMILES string of the molecule is COc1ccccc1NC(=O)CSc1nc2c(cc1C#N)CCC2. The van der Waals surface area contributed by atoms with Gasteiger partial charge in [-0.05, 0) is 43.0 Å². The van der Waals surface area contributed by atoms with Gasteiger partial charge in [-0.2, -0.15) is 5.26 Å². The first kappa shape index (κ1) is 16.3. The molecular weight excluding hydrogens is 322 g/mol. The number of para-hydroxylation sites is 2. The number of anilines is 1. The van der Waals surface area contributed by atoms with Crippen LogP contribution in [-0.2, 0) is 17.6 Å². The molecule has 0 saturated carbocycles. The summed E-state index contributed by atoms with van der Waals surface area (Å²) in [5.41, 5.74) is 3.40. The van der Waals surface area contributed by atoms with Gasteiger partial charge in [-0.1, -0.05) is 23.9 Å². The molecule has 2 aromatic rings. The molecule has 1 aromatic heterocycles. The van der Waals surface area contributed by atoms with Crippen LogP contribution in [0.15, 0.2) is 35.4 Å². The van der Waals surface area contributed by atoms with Gasteiger partial charge in [0.15, 0.2) is 0 Å². The van der Waals surface area contributed by atoms with E-state index in [1.54, 1.807) is 19.2 Å². The molecule has 1 amide bonds. The van der Waals surface area contributed by atoms with Crippen molar-refractivity contribution in [3.05, 3.63) is 47.2 Å². The molecule has 5 nitrogen and oxygen atoms in total. The summed E-state index contributed by atoms with van der Waals surface area (Å²) in [5.74, 6) is 0.651. The third-order valence-corrected chi connectivity index (χ3v) is 4.85. The summed E-state index contributed by atoms with van der Waals surface area (Å²) < 4.78 is 5.22. The van der Waals surface area contributed by atoms with Crippen LogP contribution < -0.4 is 10.1 Å². The number of hydrogen-bond acceptors (Lipinski definition) is 5. The molecule has 1 aliphatic rings. The number of carbonyl (C=O) groups excluding carboxylic acids is 1. The minimum absolute atomic E-state index is 0.157. The molecule has 1 aromatic carbocycles. The lowest BCUT2D eigenvalue weighted by Gasteiger charge is -2.10. The van der Waals surface area contributed by atoms with Crippen molar-refractivity contribution in [1.29, 1.82) is 5.26 Å². The zero-order valence-electron chi connectivity index (χ0n) is 13.3. The number of methoxy groups -OCH3 is 1. The smallest absolute Gasteiger partial charge is 0.234 e. The van der Waals surface area contributed by atoms with Gasteiger partial charge in [-0.15, -0.1) is 0 Å². The van der Waals surface area contributed by atoms with Crippen LogP contribution in [-0.4, -0.2) is 23.8 Å². The average Bonchev–Trinajstić information content (AvgIpc) is 3.06. The molecule has 0 atom stereocenters. The fourth-order valence-electron chi connectivity index (χ4n) is 2.71.